The number of aromatic amines is 1. The van der Waals surface area contributed by atoms with Gasteiger partial charge in [0.1, 0.15) is 17.9 Å². The summed E-state index contributed by atoms with van der Waals surface area (Å²) in [5.74, 6) is 1.41. The number of hydrogen-bond acceptors (Lipinski definition) is 4. The molecule has 2 N–H and O–H groups in total. The molecular weight excluding hydrogens is 442 g/mol. The number of rotatable bonds is 5. The molecule has 8 nitrogen and oxygen atoms in total. The first-order valence-electron chi connectivity index (χ1n) is 13.1. The van der Waals surface area contributed by atoms with Crippen molar-refractivity contribution in [1.82, 2.24) is 25.1 Å². The lowest BCUT2D eigenvalue weighted by molar-refractivity contribution is -0.140. The second kappa shape index (κ2) is 8.95. The van der Waals surface area contributed by atoms with Crippen LogP contribution >= 0.6 is 0 Å². The van der Waals surface area contributed by atoms with Crippen molar-refractivity contribution >= 4 is 28.9 Å². The molecule has 2 aliphatic heterocycles. The van der Waals surface area contributed by atoms with Crippen molar-refractivity contribution in [1.29, 1.82) is 0 Å². The Kier molecular flexibility index (Phi) is 6.09. The number of aromatic nitrogens is 2. The fraction of sp³-hybridized carbons (Fsp3) is 0.630. The van der Waals surface area contributed by atoms with Gasteiger partial charge in [-0.1, -0.05) is 39.3 Å². The molecule has 3 heterocycles. The van der Waals surface area contributed by atoms with Crippen molar-refractivity contribution in [3.8, 4) is 0 Å². The highest BCUT2D eigenvalue weighted by Crippen LogP contribution is 2.45. The number of hydrogen-bond donors (Lipinski definition) is 2. The normalized spacial score (nSPS) is 26.1. The zero-order chi connectivity index (χ0) is 24.8. The van der Waals surface area contributed by atoms with Gasteiger partial charge < -0.3 is 15.2 Å². The predicted molar refractivity (Wildman–Crippen MR) is 134 cm³/mol. The molecule has 35 heavy (non-hydrogen) atoms. The van der Waals surface area contributed by atoms with Gasteiger partial charge in [-0.25, -0.2) is 9.78 Å². The van der Waals surface area contributed by atoms with E-state index in [9.17, 15) is 14.4 Å². The van der Waals surface area contributed by atoms with E-state index in [0.29, 0.717) is 31.8 Å². The van der Waals surface area contributed by atoms with E-state index in [2.05, 4.69) is 31.1 Å². The summed E-state index contributed by atoms with van der Waals surface area (Å²) < 4.78 is 0. The van der Waals surface area contributed by atoms with Gasteiger partial charge in [-0.3, -0.25) is 14.5 Å². The smallest absolute Gasteiger partial charge is 0.325 e. The van der Waals surface area contributed by atoms with E-state index < -0.39 is 11.6 Å². The van der Waals surface area contributed by atoms with E-state index >= 15 is 0 Å². The number of fused-ring (bicyclic) bond motifs is 1. The molecule has 3 aliphatic rings. The molecular formula is C27H37N5O3. The maximum absolute atomic E-state index is 13.3. The van der Waals surface area contributed by atoms with Crippen LogP contribution in [0.25, 0.3) is 11.0 Å². The summed E-state index contributed by atoms with van der Waals surface area (Å²) in [6.07, 6.45) is 5.86. The Labute approximate surface area is 206 Å². The molecule has 188 valence electrons. The number of carbonyl (C=O) groups excluding carboxylic acids is 3. The van der Waals surface area contributed by atoms with Crippen LogP contribution in [-0.2, 0) is 9.59 Å². The Morgan fingerprint density at radius 3 is 2.46 bits per heavy atom. The van der Waals surface area contributed by atoms with E-state index in [0.717, 1.165) is 53.9 Å². The van der Waals surface area contributed by atoms with Crippen LogP contribution < -0.4 is 5.32 Å². The largest absolute Gasteiger partial charge is 0.342 e. The summed E-state index contributed by atoms with van der Waals surface area (Å²) in [5, 5.41) is 2.96. The Morgan fingerprint density at radius 2 is 1.80 bits per heavy atom. The van der Waals surface area contributed by atoms with Gasteiger partial charge in [-0.2, -0.15) is 0 Å². The van der Waals surface area contributed by atoms with Crippen molar-refractivity contribution in [3.05, 3.63) is 30.1 Å². The Balaban J connectivity index is 1.17. The molecule has 0 unspecified atom stereocenters. The zero-order valence-electron chi connectivity index (χ0n) is 21.1. The monoisotopic (exact) mass is 479 g/mol. The fourth-order valence-electron chi connectivity index (χ4n) is 6.14. The van der Waals surface area contributed by atoms with E-state index in [-0.39, 0.29) is 29.7 Å². The van der Waals surface area contributed by atoms with Gasteiger partial charge in [0.2, 0.25) is 5.91 Å². The Bertz CT molecular complexity index is 1090. The van der Waals surface area contributed by atoms with Gasteiger partial charge in [0, 0.05) is 19.0 Å². The van der Waals surface area contributed by atoms with Crippen molar-refractivity contribution in [2.75, 3.05) is 19.6 Å². The van der Waals surface area contributed by atoms with Crippen LogP contribution in [0.4, 0.5) is 4.79 Å². The van der Waals surface area contributed by atoms with E-state index in [1.54, 1.807) is 4.90 Å². The number of para-hydroxylation sites is 2. The maximum Gasteiger partial charge on any atom is 0.325 e. The second-order valence-electron chi connectivity index (χ2n) is 11.3. The van der Waals surface area contributed by atoms with Crippen LogP contribution in [0.2, 0.25) is 0 Å². The molecule has 0 atom stereocenters. The van der Waals surface area contributed by atoms with Crippen LogP contribution in [-0.4, -0.2) is 62.8 Å². The van der Waals surface area contributed by atoms with Crippen LogP contribution in [0, 0.1) is 11.3 Å². The standard InChI is InChI=1S/C27H37N5O3/c1-4-26(2,3)19-9-13-27(14-10-19)24(34)32(25(35)30-27)17-22(33)31-15-11-18(12-16-31)23-28-20-7-5-6-8-21(20)29-23/h5-8,18-19H,4,9-17H2,1-3H3,(H,28,29)(H,30,35). The van der Waals surface area contributed by atoms with Crippen LogP contribution in [0.5, 0.6) is 0 Å². The molecule has 5 rings (SSSR count). The van der Waals surface area contributed by atoms with E-state index in [1.165, 1.54) is 0 Å². The fourth-order valence-corrected chi connectivity index (χ4v) is 6.14. The van der Waals surface area contributed by atoms with Gasteiger partial charge in [0.05, 0.1) is 11.0 Å². The first-order valence-corrected chi connectivity index (χ1v) is 13.1. The lowest BCUT2D eigenvalue weighted by atomic mass is 9.65. The van der Waals surface area contributed by atoms with Crippen molar-refractivity contribution in [2.45, 2.75) is 77.2 Å². The number of imide groups is 1. The SMILES string of the molecule is CCC(C)(C)C1CCC2(CC1)NC(=O)N(CC(=O)N1CCC(c3nc4ccccc4[nH]3)CC1)C2=O. The first kappa shape index (κ1) is 23.8. The molecule has 8 heteroatoms. The number of likely N-dealkylation sites (tertiary alicyclic amines) is 1. The van der Waals surface area contributed by atoms with Crippen molar-refractivity contribution < 1.29 is 14.4 Å². The summed E-state index contributed by atoms with van der Waals surface area (Å²) >= 11 is 0. The topological polar surface area (TPSA) is 98.4 Å². The van der Waals surface area contributed by atoms with Crippen LogP contribution in [0.3, 0.4) is 0 Å². The quantitative estimate of drug-likeness (QED) is 0.629. The minimum Gasteiger partial charge on any atom is -0.342 e. The average Bonchev–Trinajstić information content (AvgIpc) is 3.39. The number of piperidine rings is 1. The summed E-state index contributed by atoms with van der Waals surface area (Å²) in [7, 11) is 0. The molecule has 1 saturated carbocycles. The van der Waals surface area contributed by atoms with Gasteiger partial charge >= 0.3 is 6.03 Å². The van der Waals surface area contributed by atoms with Gasteiger partial charge in [-0.05, 0) is 62.0 Å². The number of carbonyl (C=O) groups is 3. The minimum absolute atomic E-state index is 0.158. The predicted octanol–water partition coefficient (Wildman–Crippen LogP) is 4.19. The summed E-state index contributed by atoms with van der Waals surface area (Å²) in [6.45, 7) is 7.80. The third-order valence-electron chi connectivity index (χ3n) is 9.04. The van der Waals surface area contributed by atoms with Crippen LogP contribution in [0.15, 0.2) is 24.3 Å². The number of amides is 4. The highest BCUT2D eigenvalue weighted by atomic mass is 16.2. The van der Waals surface area contributed by atoms with Crippen LogP contribution in [0.1, 0.15) is 77.5 Å². The van der Waals surface area contributed by atoms with Crippen molar-refractivity contribution in [3.63, 3.8) is 0 Å². The van der Waals surface area contributed by atoms with E-state index in [4.69, 9.17) is 4.98 Å². The molecule has 1 spiro atoms. The highest BCUT2D eigenvalue weighted by molar-refractivity contribution is 6.09. The van der Waals surface area contributed by atoms with Gasteiger partial charge in [0.25, 0.3) is 5.91 Å². The lowest BCUT2D eigenvalue weighted by Gasteiger charge is -2.42. The number of benzene rings is 1. The molecule has 2 saturated heterocycles. The van der Waals surface area contributed by atoms with Gasteiger partial charge in [0.15, 0.2) is 0 Å². The number of H-pyrrole nitrogens is 1. The molecule has 0 radical (unpaired) electrons. The summed E-state index contributed by atoms with van der Waals surface area (Å²) in [6, 6.07) is 7.56. The number of urea groups is 1. The molecule has 3 fully saturated rings. The maximum atomic E-state index is 13.3. The van der Waals surface area contributed by atoms with Crippen molar-refractivity contribution in [2.24, 2.45) is 11.3 Å². The molecule has 4 amide bonds. The third-order valence-corrected chi connectivity index (χ3v) is 9.04. The zero-order valence-corrected chi connectivity index (χ0v) is 21.1. The summed E-state index contributed by atoms with van der Waals surface area (Å²) in [5.41, 5.74) is 1.39. The number of imidazole rings is 1. The number of nitrogens with zero attached hydrogens (tertiary/aromatic N) is 3. The van der Waals surface area contributed by atoms with Gasteiger partial charge in [-0.15, -0.1) is 0 Å². The Hall–Kier alpha value is -2.90. The number of nitrogens with one attached hydrogen (secondary N) is 2. The molecule has 2 aromatic rings. The first-order chi connectivity index (χ1) is 16.7. The molecule has 1 aromatic heterocycles. The molecule has 0 bridgehead atoms. The highest BCUT2D eigenvalue weighted by Gasteiger charge is 2.54. The second-order valence-corrected chi connectivity index (χ2v) is 11.3. The average molecular weight is 480 g/mol. The minimum atomic E-state index is -0.827. The molecule has 1 aliphatic carbocycles. The Morgan fingerprint density at radius 1 is 1.11 bits per heavy atom. The molecule has 1 aromatic carbocycles. The summed E-state index contributed by atoms with van der Waals surface area (Å²) in [4.78, 5) is 50.2. The van der Waals surface area contributed by atoms with E-state index in [1.807, 2.05) is 24.3 Å². The lowest BCUT2D eigenvalue weighted by Crippen LogP contribution is -2.51. The third kappa shape index (κ3) is 4.32.